The van der Waals surface area contributed by atoms with Crippen molar-refractivity contribution in [2.24, 2.45) is 17.3 Å². The van der Waals surface area contributed by atoms with Crippen molar-refractivity contribution < 1.29 is 14.7 Å². The fourth-order valence-electron chi connectivity index (χ4n) is 2.99. The highest BCUT2D eigenvalue weighted by Gasteiger charge is 2.41. The average molecular weight is 253 g/mol. The molecular formula is C14H23NO3. The Morgan fingerprint density at radius 3 is 2.44 bits per heavy atom. The van der Waals surface area contributed by atoms with Gasteiger partial charge in [-0.25, -0.2) is 4.79 Å². The number of amides is 1. The Hall–Kier alpha value is -1.06. The molecule has 2 fully saturated rings. The fraction of sp³-hybridized carbons (Fsp3) is 0.857. The Balaban J connectivity index is 1.93. The van der Waals surface area contributed by atoms with Gasteiger partial charge in [0.05, 0.1) is 0 Å². The van der Waals surface area contributed by atoms with E-state index in [2.05, 4.69) is 19.2 Å². The Morgan fingerprint density at radius 2 is 2.00 bits per heavy atom. The maximum absolute atomic E-state index is 12.2. The van der Waals surface area contributed by atoms with E-state index in [4.69, 9.17) is 5.11 Å². The molecule has 0 aromatic carbocycles. The Bertz CT molecular complexity index is 347. The SMILES string of the molecule is CC1(C)CCCC1C(=O)N[C@@H](CC1CC1)C(=O)O. The summed E-state index contributed by atoms with van der Waals surface area (Å²) in [6.07, 6.45) is 5.79. The van der Waals surface area contributed by atoms with Gasteiger partial charge in [0.1, 0.15) is 6.04 Å². The number of carboxylic acids is 1. The first-order valence-electron chi connectivity index (χ1n) is 6.93. The van der Waals surface area contributed by atoms with Crippen LogP contribution in [0.15, 0.2) is 0 Å². The number of carbonyl (C=O) groups excluding carboxylic acids is 1. The normalized spacial score (nSPS) is 27.8. The lowest BCUT2D eigenvalue weighted by Crippen LogP contribution is -2.46. The number of hydrogen-bond acceptors (Lipinski definition) is 2. The Labute approximate surface area is 108 Å². The highest BCUT2D eigenvalue weighted by Crippen LogP contribution is 2.42. The van der Waals surface area contributed by atoms with Gasteiger partial charge < -0.3 is 10.4 Å². The summed E-state index contributed by atoms with van der Waals surface area (Å²) in [4.78, 5) is 23.4. The van der Waals surface area contributed by atoms with E-state index >= 15 is 0 Å². The van der Waals surface area contributed by atoms with Crippen LogP contribution in [-0.4, -0.2) is 23.0 Å². The van der Waals surface area contributed by atoms with Crippen LogP contribution in [0.4, 0.5) is 0 Å². The van der Waals surface area contributed by atoms with E-state index in [0.717, 1.165) is 32.1 Å². The maximum Gasteiger partial charge on any atom is 0.326 e. The van der Waals surface area contributed by atoms with Crippen molar-refractivity contribution in [1.82, 2.24) is 5.32 Å². The molecule has 18 heavy (non-hydrogen) atoms. The smallest absolute Gasteiger partial charge is 0.326 e. The van der Waals surface area contributed by atoms with Gasteiger partial charge in [0, 0.05) is 5.92 Å². The standard InChI is InChI=1S/C14H23NO3/c1-14(2)7-3-4-10(14)12(16)15-11(13(17)18)8-9-5-6-9/h9-11H,3-8H2,1-2H3,(H,15,16)(H,17,18)/t10?,11-/m0/s1. The molecule has 0 heterocycles. The molecule has 2 atom stereocenters. The molecule has 4 heteroatoms. The maximum atomic E-state index is 12.2. The van der Waals surface area contributed by atoms with E-state index < -0.39 is 12.0 Å². The molecule has 0 aliphatic heterocycles. The third-order valence-electron chi connectivity index (χ3n) is 4.45. The van der Waals surface area contributed by atoms with Crippen LogP contribution in [0, 0.1) is 17.3 Å². The van der Waals surface area contributed by atoms with Gasteiger partial charge >= 0.3 is 5.97 Å². The molecule has 2 aliphatic carbocycles. The van der Waals surface area contributed by atoms with Crippen LogP contribution in [0.3, 0.4) is 0 Å². The number of aliphatic carboxylic acids is 1. The predicted octanol–water partition coefficient (Wildman–Crippen LogP) is 2.18. The number of nitrogens with one attached hydrogen (secondary N) is 1. The van der Waals surface area contributed by atoms with Crippen LogP contribution >= 0.6 is 0 Å². The number of rotatable bonds is 5. The molecule has 0 aromatic rings. The zero-order chi connectivity index (χ0) is 13.3. The number of carbonyl (C=O) groups is 2. The van der Waals surface area contributed by atoms with Crippen molar-refractivity contribution in [3.8, 4) is 0 Å². The number of hydrogen-bond donors (Lipinski definition) is 2. The summed E-state index contributed by atoms with van der Waals surface area (Å²) >= 11 is 0. The van der Waals surface area contributed by atoms with Gasteiger partial charge in [0.15, 0.2) is 0 Å². The predicted molar refractivity (Wildman–Crippen MR) is 68.0 cm³/mol. The summed E-state index contributed by atoms with van der Waals surface area (Å²) in [5.41, 5.74) is 0.00666. The van der Waals surface area contributed by atoms with Crippen LogP contribution in [0.2, 0.25) is 0 Å². The van der Waals surface area contributed by atoms with Crippen molar-refractivity contribution in [3.05, 3.63) is 0 Å². The topological polar surface area (TPSA) is 66.4 Å². The van der Waals surface area contributed by atoms with E-state index in [0.29, 0.717) is 12.3 Å². The first kappa shape index (κ1) is 13.4. The molecule has 1 unspecified atom stereocenters. The van der Waals surface area contributed by atoms with Crippen LogP contribution in [0.1, 0.15) is 52.4 Å². The summed E-state index contributed by atoms with van der Waals surface area (Å²) in [6.45, 7) is 4.20. The zero-order valence-corrected chi connectivity index (χ0v) is 11.2. The molecular weight excluding hydrogens is 230 g/mol. The lowest BCUT2D eigenvalue weighted by molar-refractivity contribution is -0.143. The molecule has 0 spiro atoms. The van der Waals surface area contributed by atoms with E-state index in [9.17, 15) is 9.59 Å². The third kappa shape index (κ3) is 3.03. The molecule has 1 amide bonds. The minimum absolute atomic E-state index is 0.00666. The van der Waals surface area contributed by atoms with Crippen molar-refractivity contribution in [2.45, 2.75) is 58.4 Å². The summed E-state index contributed by atoms with van der Waals surface area (Å²) in [7, 11) is 0. The Kier molecular flexibility index (Phi) is 3.64. The van der Waals surface area contributed by atoms with Gasteiger partial charge in [-0.1, -0.05) is 33.1 Å². The second-order valence-corrected chi connectivity index (χ2v) is 6.51. The zero-order valence-electron chi connectivity index (χ0n) is 11.2. The molecule has 2 aliphatic rings. The molecule has 2 saturated carbocycles. The summed E-state index contributed by atoms with van der Waals surface area (Å²) < 4.78 is 0. The lowest BCUT2D eigenvalue weighted by Gasteiger charge is -2.27. The molecule has 102 valence electrons. The molecule has 0 radical (unpaired) electrons. The quantitative estimate of drug-likeness (QED) is 0.789. The first-order chi connectivity index (χ1) is 8.40. The third-order valence-corrected chi connectivity index (χ3v) is 4.45. The average Bonchev–Trinajstić information content (AvgIpc) is 3.00. The van der Waals surface area contributed by atoms with Crippen molar-refractivity contribution in [2.75, 3.05) is 0 Å². The molecule has 2 rings (SSSR count). The Morgan fingerprint density at radius 1 is 1.33 bits per heavy atom. The van der Waals surface area contributed by atoms with Crippen LogP contribution in [0.5, 0.6) is 0 Å². The van der Waals surface area contributed by atoms with Crippen LogP contribution in [-0.2, 0) is 9.59 Å². The van der Waals surface area contributed by atoms with Gasteiger partial charge in [-0.2, -0.15) is 0 Å². The van der Waals surface area contributed by atoms with Gasteiger partial charge in [0.25, 0.3) is 0 Å². The van der Waals surface area contributed by atoms with Crippen LogP contribution in [0.25, 0.3) is 0 Å². The van der Waals surface area contributed by atoms with E-state index in [1.165, 1.54) is 0 Å². The van der Waals surface area contributed by atoms with Crippen LogP contribution < -0.4 is 5.32 Å². The van der Waals surface area contributed by atoms with Crippen molar-refractivity contribution in [1.29, 1.82) is 0 Å². The second-order valence-electron chi connectivity index (χ2n) is 6.51. The fourth-order valence-corrected chi connectivity index (χ4v) is 2.99. The minimum atomic E-state index is -0.897. The van der Waals surface area contributed by atoms with E-state index in [1.54, 1.807) is 0 Å². The van der Waals surface area contributed by atoms with Crippen molar-refractivity contribution >= 4 is 11.9 Å². The summed E-state index contributed by atoms with van der Waals surface area (Å²) in [6, 6.07) is -0.693. The van der Waals surface area contributed by atoms with Gasteiger partial charge in [0.2, 0.25) is 5.91 Å². The molecule has 4 nitrogen and oxygen atoms in total. The largest absolute Gasteiger partial charge is 0.480 e. The molecule has 2 N–H and O–H groups in total. The monoisotopic (exact) mass is 253 g/mol. The highest BCUT2D eigenvalue weighted by molar-refractivity contribution is 5.85. The van der Waals surface area contributed by atoms with Gasteiger partial charge in [-0.3, -0.25) is 4.79 Å². The molecule has 0 aromatic heterocycles. The lowest BCUT2D eigenvalue weighted by atomic mass is 9.81. The highest BCUT2D eigenvalue weighted by atomic mass is 16.4. The van der Waals surface area contributed by atoms with Gasteiger partial charge in [-0.05, 0) is 30.6 Å². The molecule has 0 bridgehead atoms. The van der Waals surface area contributed by atoms with Crippen molar-refractivity contribution in [3.63, 3.8) is 0 Å². The van der Waals surface area contributed by atoms with Gasteiger partial charge in [-0.15, -0.1) is 0 Å². The minimum Gasteiger partial charge on any atom is -0.480 e. The van der Waals surface area contributed by atoms with E-state index in [1.807, 2.05) is 0 Å². The number of carboxylic acid groups (broad SMARTS) is 1. The summed E-state index contributed by atoms with van der Waals surface area (Å²) in [5.74, 6) is -0.488. The first-order valence-corrected chi connectivity index (χ1v) is 6.93. The second kappa shape index (κ2) is 4.90. The summed E-state index contributed by atoms with van der Waals surface area (Å²) in [5, 5.41) is 11.9. The van der Waals surface area contributed by atoms with E-state index in [-0.39, 0.29) is 17.2 Å². The molecule has 0 saturated heterocycles.